The number of carbonyl (C=O) groups is 2. The molecule has 1 rings (SSSR count). The Morgan fingerprint density at radius 3 is 2.94 bits per heavy atom. The van der Waals surface area contributed by atoms with Gasteiger partial charge in [0.15, 0.2) is 0 Å². The summed E-state index contributed by atoms with van der Waals surface area (Å²) < 4.78 is 8.15. The van der Waals surface area contributed by atoms with Crippen LogP contribution < -0.4 is 10.6 Å². The van der Waals surface area contributed by atoms with Crippen molar-refractivity contribution in [3.63, 3.8) is 0 Å². The Morgan fingerprint density at radius 2 is 2.31 bits per heavy atom. The highest BCUT2D eigenvalue weighted by Crippen LogP contribution is 2.03. The van der Waals surface area contributed by atoms with E-state index < -0.39 is 12.0 Å². The number of amides is 2. The van der Waals surface area contributed by atoms with Crippen LogP contribution in [0, 0.1) is 0 Å². The van der Waals surface area contributed by atoms with Gasteiger partial charge >= 0.3 is 12.0 Å². The third-order valence-corrected chi connectivity index (χ3v) is 1.79. The number of aromatic nitrogens is 3. The second kappa shape index (κ2) is 6.63. The fraction of sp³-hybridized carbons (Fsp3) is 0.500. The molecule has 0 bridgehead atoms. The zero-order valence-corrected chi connectivity index (χ0v) is 8.86. The highest BCUT2D eigenvalue weighted by Gasteiger charge is 2.04. The minimum Gasteiger partial charge on any atom is -0.480 e. The van der Waals surface area contributed by atoms with E-state index >= 15 is 0 Å². The summed E-state index contributed by atoms with van der Waals surface area (Å²) in [6.45, 7) is -0.0664. The maximum atomic E-state index is 11.1. The number of aliphatic carboxylic acids is 1. The van der Waals surface area contributed by atoms with Crippen LogP contribution in [0.5, 0.6) is 0 Å². The molecular weight excluding hydrogens is 238 g/mol. The minimum atomic E-state index is -1.05. The molecule has 0 unspecified atom stereocenters. The predicted molar refractivity (Wildman–Crippen MR) is 53.2 cm³/mol. The molecule has 3 N–H and O–H groups in total. The average molecular weight is 247 g/mol. The Hall–Kier alpha value is -1.81. The van der Waals surface area contributed by atoms with Gasteiger partial charge in [-0.25, -0.2) is 9.59 Å². The first-order valence-corrected chi connectivity index (χ1v) is 4.95. The summed E-state index contributed by atoms with van der Waals surface area (Å²) in [6.07, 6.45) is 0. The van der Waals surface area contributed by atoms with Crippen LogP contribution in [-0.4, -0.2) is 51.7 Å². The van der Waals surface area contributed by atoms with Crippen LogP contribution >= 0.6 is 11.5 Å². The lowest BCUT2D eigenvalue weighted by molar-refractivity contribution is -0.142. The van der Waals surface area contributed by atoms with Gasteiger partial charge in [0, 0.05) is 18.1 Å². The molecule has 9 nitrogen and oxygen atoms in total. The van der Waals surface area contributed by atoms with Crippen LogP contribution in [-0.2, 0) is 9.53 Å². The lowest BCUT2D eigenvalue weighted by Crippen LogP contribution is -2.31. The van der Waals surface area contributed by atoms with Gasteiger partial charge in [0.05, 0.1) is 6.61 Å². The van der Waals surface area contributed by atoms with E-state index in [-0.39, 0.29) is 24.9 Å². The van der Waals surface area contributed by atoms with Crippen molar-refractivity contribution in [2.45, 2.75) is 0 Å². The van der Waals surface area contributed by atoms with Crippen LogP contribution in [0.4, 0.5) is 9.93 Å². The van der Waals surface area contributed by atoms with Gasteiger partial charge < -0.3 is 15.2 Å². The van der Waals surface area contributed by atoms with E-state index in [0.29, 0.717) is 0 Å². The number of urea groups is 1. The fourth-order valence-electron chi connectivity index (χ4n) is 0.719. The van der Waals surface area contributed by atoms with E-state index in [9.17, 15) is 9.59 Å². The first-order chi connectivity index (χ1) is 7.68. The molecule has 0 radical (unpaired) electrons. The molecule has 0 atom stereocenters. The largest absolute Gasteiger partial charge is 0.480 e. The molecule has 0 aromatic carbocycles. The molecule has 88 valence electrons. The van der Waals surface area contributed by atoms with Crippen LogP contribution in [0.15, 0.2) is 0 Å². The molecule has 1 heterocycles. The molecule has 2 amide bonds. The lowest BCUT2D eigenvalue weighted by Gasteiger charge is -2.04. The number of carboxylic acid groups (broad SMARTS) is 1. The van der Waals surface area contributed by atoms with Gasteiger partial charge in [-0.15, -0.1) is 0 Å². The molecule has 0 spiro atoms. The van der Waals surface area contributed by atoms with Crippen molar-refractivity contribution in [3.8, 4) is 0 Å². The number of hydrogen-bond acceptors (Lipinski definition) is 7. The summed E-state index contributed by atoms with van der Waals surface area (Å²) in [6, 6.07) is -0.475. The minimum absolute atomic E-state index is 0.119. The molecular formula is C6H9N5O4S. The first-order valence-electron chi connectivity index (χ1n) is 4.18. The van der Waals surface area contributed by atoms with Gasteiger partial charge in [0.25, 0.3) is 0 Å². The van der Waals surface area contributed by atoms with Crippen LogP contribution in [0.3, 0.4) is 0 Å². The molecule has 0 aliphatic rings. The Morgan fingerprint density at radius 1 is 1.50 bits per heavy atom. The maximum Gasteiger partial charge on any atom is 0.329 e. The van der Waals surface area contributed by atoms with E-state index in [1.54, 1.807) is 0 Å². The summed E-state index contributed by atoms with van der Waals surface area (Å²) in [5.74, 6) is -1.05. The first kappa shape index (κ1) is 12.3. The molecule has 0 saturated carbocycles. The second-order valence-corrected chi connectivity index (χ2v) is 3.23. The summed E-state index contributed by atoms with van der Waals surface area (Å²) in [5.41, 5.74) is 0. The molecule has 1 aromatic rings. The highest BCUT2D eigenvalue weighted by molar-refractivity contribution is 7.09. The number of carbonyl (C=O) groups excluding carboxylic acids is 1. The van der Waals surface area contributed by atoms with Crippen molar-refractivity contribution >= 4 is 28.7 Å². The second-order valence-electron chi connectivity index (χ2n) is 2.49. The average Bonchev–Trinajstić information content (AvgIpc) is 2.69. The number of nitrogens with one attached hydrogen (secondary N) is 2. The number of anilines is 1. The number of carboxylic acids is 1. The zero-order chi connectivity index (χ0) is 11.8. The summed E-state index contributed by atoms with van der Waals surface area (Å²) in [7, 11) is 0. The fourth-order valence-corrected chi connectivity index (χ4v) is 1.08. The van der Waals surface area contributed by atoms with E-state index in [0.717, 1.165) is 11.5 Å². The van der Waals surface area contributed by atoms with Gasteiger partial charge in [-0.3, -0.25) is 5.32 Å². The highest BCUT2D eigenvalue weighted by atomic mass is 32.1. The van der Waals surface area contributed by atoms with E-state index in [1.165, 1.54) is 0 Å². The lowest BCUT2D eigenvalue weighted by atomic mass is 10.6. The standard InChI is InChI=1S/C6H9N5O4S/c12-4(13)3-15-2-1-7-5(14)8-6-9-10-11-16-6/h1-3H2,(H,12,13)(H2,7,8,9,11,14). The molecule has 0 saturated heterocycles. The Kier molecular flexibility index (Phi) is 5.08. The van der Waals surface area contributed by atoms with Crippen molar-refractivity contribution in [2.75, 3.05) is 25.1 Å². The topological polar surface area (TPSA) is 126 Å². The SMILES string of the molecule is O=C(O)COCCNC(=O)Nc1nnns1. The Balaban J connectivity index is 2.05. The van der Waals surface area contributed by atoms with Crippen molar-refractivity contribution in [2.24, 2.45) is 0 Å². The van der Waals surface area contributed by atoms with Gasteiger partial charge in [0.2, 0.25) is 5.13 Å². The molecule has 0 aliphatic carbocycles. The number of ether oxygens (including phenoxy) is 1. The molecule has 0 aliphatic heterocycles. The van der Waals surface area contributed by atoms with Crippen molar-refractivity contribution in [3.05, 3.63) is 0 Å². The van der Waals surface area contributed by atoms with Crippen molar-refractivity contribution in [1.29, 1.82) is 0 Å². The van der Waals surface area contributed by atoms with Gasteiger partial charge in [0.1, 0.15) is 6.61 Å². The van der Waals surface area contributed by atoms with Gasteiger partial charge in [-0.2, -0.15) is 0 Å². The monoisotopic (exact) mass is 247 g/mol. The van der Waals surface area contributed by atoms with E-state index in [2.05, 4.69) is 25.4 Å². The third-order valence-electron chi connectivity index (χ3n) is 1.28. The molecule has 10 heteroatoms. The third kappa shape index (κ3) is 5.17. The van der Waals surface area contributed by atoms with E-state index in [1.807, 2.05) is 0 Å². The summed E-state index contributed by atoms with van der Waals surface area (Å²) in [4.78, 5) is 21.2. The number of hydrogen-bond donors (Lipinski definition) is 3. The smallest absolute Gasteiger partial charge is 0.329 e. The predicted octanol–water partition coefficient (Wildman–Crippen LogP) is -0.844. The summed E-state index contributed by atoms with van der Waals surface area (Å²) >= 11 is 0.946. The van der Waals surface area contributed by atoms with Crippen LogP contribution in [0.2, 0.25) is 0 Å². The number of rotatable bonds is 6. The van der Waals surface area contributed by atoms with Crippen molar-refractivity contribution in [1.82, 2.24) is 20.1 Å². The normalized spacial score (nSPS) is 9.75. The molecule has 1 aromatic heterocycles. The summed E-state index contributed by atoms with van der Waals surface area (Å²) in [5, 5.41) is 20.1. The van der Waals surface area contributed by atoms with Gasteiger partial charge in [-0.05, 0) is 5.21 Å². The quantitative estimate of drug-likeness (QED) is 0.559. The molecule has 16 heavy (non-hydrogen) atoms. The van der Waals surface area contributed by atoms with E-state index in [4.69, 9.17) is 9.84 Å². The number of nitrogens with zero attached hydrogens (tertiary/aromatic N) is 3. The van der Waals surface area contributed by atoms with Crippen LogP contribution in [0.1, 0.15) is 0 Å². The van der Waals surface area contributed by atoms with Gasteiger partial charge in [-0.1, -0.05) is 9.59 Å². The van der Waals surface area contributed by atoms with Crippen molar-refractivity contribution < 1.29 is 19.4 Å². The zero-order valence-electron chi connectivity index (χ0n) is 8.04. The Labute approximate surface area is 94.0 Å². The van der Waals surface area contributed by atoms with Crippen LogP contribution in [0.25, 0.3) is 0 Å². The molecule has 0 fully saturated rings. The maximum absolute atomic E-state index is 11.1. The Bertz CT molecular complexity index is 343.